The fraction of sp³-hybridized carbons (Fsp3) is 0.176. The number of halogens is 4. The van der Waals surface area contributed by atoms with Crippen molar-refractivity contribution in [2.24, 2.45) is 0 Å². The number of hydrogen-bond acceptors (Lipinski definition) is 3. The van der Waals surface area contributed by atoms with Gasteiger partial charge in [-0.3, -0.25) is 10.1 Å². The van der Waals surface area contributed by atoms with Gasteiger partial charge >= 0.3 is 6.18 Å². The van der Waals surface area contributed by atoms with Crippen molar-refractivity contribution >= 4 is 23.2 Å². The van der Waals surface area contributed by atoms with Crippen LogP contribution in [0.1, 0.15) is 21.5 Å². The molecule has 2 N–H and O–H groups in total. The van der Waals surface area contributed by atoms with Gasteiger partial charge in [0, 0.05) is 17.7 Å². The summed E-state index contributed by atoms with van der Waals surface area (Å²) in [4.78, 5) is 12.0. The minimum absolute atomic E-state index is 0.0148. The smallest absolute Gasteiger partial charge is 0.416 e. The third-order valence-corrected chi connectivity index (χ3v) is 3.65. The second-order valence-electron chi connectivity index (χ2n) is 5.17. The van der Waals surface area contributed by atoms with E-state index in [9.17, 15) is 22.4 Å². The Kier molecular flexibility index (Phi) is 6.14. The molecule has 0 radical (unpaired) electrons. The number of hydrogen-bond donors (Lipinski definition) is 2. The van der Waals surface area contributed by atoms with E-state index < -0.39 is 23.5 Å². The van der Waals surface area contributed by atoms with Crippen LogP contribution < -0.4 is 15.4 Å². The highest BCUT2D eigenvalue weighted by molar-refractivity contribution is 7.80. The summed E-state index contributed by atoms with van der Waals surface area (Å²) in [6.45, 7) is -0.175. The standard InChI is InChI=1S/C17H14F4N2O2S/c1-25-13-6-3-10(4-7-13)15(24)23-16(26)22-9-11-2-5-12(8-14(11)18)17(19,20)21/h2-8H,9H2,1H3,(H2,22,23,24,26). The van der Waals surface area contributed by atoms with Crippen LogP contribution in [0.4, 0.5) is 17.6 Å². The number of ether oxygens (including phenoxy) is 1. The summed E-state index contributed by atoms with van der Waals surface area (Å²) in [5.41, 5.74) is -0.760. The van der Waals surface area contributed by atoms with Gasteiger partial charge in [0.25, 0.3) is 5.91 Å². The van der Waals surface area contributed by atoms with Gasteiger partial charge in [-0.1, -0.05) is 6.07 Å². The van der Waals surface area contributed by atoms with Crippen molar-refractivity contribution in [2.75, 3.05) is 7.11 Å². The average molecular weight is 386 g/mol. The van der Waals surface area contributed by atoms with E-state index in [0.717, 1.165) is 12.1 Å². The number of nitrogens with one attached hydrogen (secondary N) is 2. The van der Waals surface area contributed by atoms with Crippen molar-refractivity contribution in [1.29, 1.82) is 0 Å². The third kappa shape index (κ3) is 5.16. The molecule has 0 heterocycles. The van der Waals surface area contributed by atoms with Crippen molar-refractivity contribution in [3.8, 4) is 5.75 Å². The highest BCUT2D eigenvalue weighted by Crippen LogP contribution is 2.30. The van der Waals surface area contributed by atoms with Gasteiger partial charge in [0.2, 0.25) is 0 Å². The maximum atomic E-state index is 13.7. The Labute approximate surface area is 152 Å². The molecule has 1 amide bonds. The van der Waals surface area contributed by atoms with Gasteiger partial charge < -0.3 is 10.1 Å². The van der Waals surface area contributed by atoms with E-state index in [4.69, 9.17) is 17.0 Å². The lowest BCUT2D eigenvalue weighted by molar-refractivity contribution is -0.137. The highest BCUT2D eigenvalue weighted by atomic mass is 32.1. The zero-order valence-electron chi connectivity index (χ0n) is 13.5. The van der Waals surface area contributed by atoms with Crippen LogP contribution in [0.25, 0.3) is 0 Å². The molecular formula is C17H14F4N2O2S. The Morgan fingerprint density at radius 3 is 2.35 bits per heavy atom. The summed E-state index contributed by atoms with van der Waals surface area (Å²) < 4.78 is 56.3. The first-order chi connectivity index (χ1) is 12.2. The first kappa shape index (κ1) is 19.6. The molecule has 2 rings (SSSR count). The Hall–Kier alpha value is -2.68. The van der Waals surface area contributed by atoms with E-state index in [0.29, 0.717) is 17.4 Å². The molecule has 0 aliphatic rings. The van der Waals surface area contributed by atoms with E-state index >= 15 is 0 Å². The van der Waals surface area contributed by atoms with Crippen LogP contribution >= 0.6 is 12.2 Å². The molecule has 26 heavy (non-hydrogen) atoms. The number of alkyl halides is 3. The van der Waals surface area contributed by atoms with Gasteiger partial charge in [-0.25, -0.2) is 4.39 Å². The zero-order valence-corrected chi connectivity index (χ0v) is 14.3. The Bertz CT molecular complexity index is 807. The first-order valence-corrected chi connectivity index (χ1v) is 7.70. The Morgan fingerprint density at radius 1 is 1.15 bits per heavy atom. The van der Waals surface area contributed by atoms with E-state index in [1.54, 1.807) is 12.1 Å². The largest absolute Gasteiger partial charge is 0.497 e. The summed E-state index contributed by atoms with van der Waals surface area (Å²) in [7, 11) is 1.49. The minimum Gasteiger partial charge on any atom is -0.497 e. The number of amides is 1. The lowest BCUT2D eigenvalue weighted by Gasteiger charge is -2.12. The molecule has 0 fully saturated rings. The molecule has 0 saturated carbocycles. The first-order valence-electron chi connectivity index (χ1n) is 7.29. The predicted octanol–water partition coefficient (Wildman–Crippen LogP) is 3.66. The van der Waals surface area contributed by atoms with Crippen molar-refractivity contribution in [1.82, 2.24) is 10.6 Å². The molecule has 2 aromatic carbocycles. The van der Waals surface area contributed by atoms with Crippen LogP contribution in [0, 0.1) is 5.82 Å². The molecule has 2 aromatic rings. The molecule has 138 valence electrons. The SMILES string of the molecule is COc1ccc(C(=O)NC(=S)NCc2ccc(C(F)(F)F)cc2F)cc1. The fourth-order valence-corrected chi connectivity index (χ4v) is 2.17. The van der Waals surface area contributed by atoms with Gasteiger partial charge in [-0.15, -0.1) is 0 Å². The number of carbonyl (C=O) groups is 1. The van der Waals surface area contributed by atoms with Gasteiger partial charge in [0.05, 0.1) is 12.7 Å². The van der Waals surface area contributed by atoms with E-state index in [2.05, 4.69) is 10.6 Å². The van der Waals surface area contributed by atoms with Crippen LogP contribution in [0.15, 0.2) is 42.5 Å². The maximum Gasteiger partial charge on any atom is 0.416 e. The molecule has 0 bridgehead atoms. The summed E-state index contributed by atoms with van der Waals surface area (Å²) in [5.74, 6) is -0.922. The van der Waals surface area contributed by atoms with Gasteiger partial charge in [0.15, 0.2) is 5.11 Å². The lowest BCUT2D eigenvalue weighted by Crippen LogP contribution is -2.39. The number of rotatable bonds is 4. The van der Waals surface area contributed by atoms with Crippen molar-refractivity contribution in [3.63, 3.8) is 0 Å². The fourth-order valence-electron chi connectivity index (χ4n) is 2.00. The van der Waals surface area contributed by atoms with Crippen LogP contribution in [0.2, 0.25) is 0 Å². The molecule has 0 aliphatic heterocycles. The van der Waals surface area contributed by atoms with Crippen LogP contribution in [0.5, 0.6) is 5.75 Å². The molecule has 0 saturated heterocycles. The van der Waals surface area contributed by atoms with E-state index in [1.165, 1.54) is 19.2 Å². The summed E-state index contributed by atoms with van der Waals surface area (Å²) in [6.07, 6.45) is -4.62. The van der Waals surface area contributed by atoms with E-state index in [-0.39, 0.29) is 17.2 Å². The molecule has 0 unspecified atom stereocenters. The van der Waals surface area contributed by atoms with Crippen molar-refractivity contribution in [2.45, 2.75) is 12.7 Å². The third-order valence-electron chi connectivity index (χ3n) is 3.40. The monoisotopic (exact) mass is 386 g/mol. The Morgan fingerprint density at radius 2 is 1.81 bits per heavy atom. The van der Waals surface area contributed by atoms with Crippen LogP contribution in [0.3, 0.4) is 0 Å². The van der Waals surface area contributed by atoms with Gasteiger partial charge in [-0.05, 0) is 48.6 Å². The molecule has 0 aromatic heterocycles. The predicted molar refractivity (Wildman–Crippen MR) is 91.3 cm³/mol. The Balaban J connectivity index is 1.93. The normalized spacial score (nSPS) is 11.0. The molecular weight excluding hydrogens is 372 g/mol. The zero-order chi connectivity index (χ0) is 19.3. The number of methoxy groups -OCH3 is 1. The quantitative estimate of drug-likeness (QED) is 0.622. The second-order valence-corrected chi connectivity index (χ2v) is 5.58. The average Bonchev–Trinajstić information content (AvgIpc) is 2.59. The molecule has 4 nitrogen and oxygen atoms in total. The number of carbonyl (C=O) groups excluding carboxylic acids is 1. The van der Waals surface area contributed by atoms with Crippen LogP contribution in [-0.2, 0) is 12.7 Å². The summed E-state index contributed by atoms with van der Waals surface area (Å²) >= 11 is 4.94. The van der Waals surface area contributed by atoms with Crippen LogP contribution in [-0.4, -0.2) is 18.1 Å². The summed E-state index contributed by atoms with van der Waals surface area (Å²) in [5, 5.41) is 4.89. The molecule has 0 aliphatic carbocycles. The molecule has 0 spiro atoms. The van der Waals surface area contributed by atoms with Crippen molar-refractivity contribution < 1.29 is 27.1 Å². The van der Waals surface area contributed by atoms with E-state index in [1.807, 2.05) is 0 Å². The second kappa shape index (κ2) is 8.13. The number of benzene rings is 2. The lowest BCUT2D eigenvalue weighted by atomic mass is 10.1. The van der Waals surface area contributed by atoms with Gasteiger partial charge in [-0.2, -0.15) is 13.2 Å². The number of thiocarbonyl (C=S) groups is 1. The summed E-state index contributed by atoms with van der Waals surface area (Å²) in [6, 6.07) is 8.47. The minimum atomic E-state index is -4.62. The highest BCUT2D eigenvalue weighted by Gasteiger charge is 2.31. The van der Waals surface area contributed by atoms with Crippen molar-refractivity contribution in [3.05, 3.63) is 65.0 Å². The molecule has 0 atom stereocenters. The topological polar surface area (TPSA) is 50.4 Å². The van der Waals surface area contributed by atoms with Gasteiger partial charge in [0.1, 0.15) is 11.6 Å². The molecule has 9 heteroatoms. The maximum absolute atomic E-state index is 13.7.